The molecule has 102 valence electrons. The molecule has 4 atom stereocenters. The second-order valence-corrected chi connectivity index (χ2v) is 6.90. The highest BCUT2D eigenvalue weighted by atomic mass is 16.1. The third-order valence-electron chi connectivity index (χ3n) is 5.71. The number of carbonyl (C=O) groups is 1. The summed E-state index contributed by atoms with van der Waals surface area (Å²) in [5.41, 5.74) is 1.25. The third-order valence-corrected chi connectivity index (χ3v) is 5.71. The first kappa shape index (κ1) is 12.7. The minimum atomic E-state index is 0.0801. The van der Waals surface area contributed by atoms with Gasteiger partial charge in [-0.15, -0.1) is 0 Å². The Morgan fingerprint density at radius 2 is 1.89 bits per heavy atom. The maximum absolute atomic E-state index is 12.2. The largest absolute Gasteiger partial charge is 0.349 e. The minimum Gasteiger partial charge on any atom is -0.349 e. The molecule has 0 saturated heterocycles. The Hall–Kier alpha value is -1.31. The number of hydrogen-bond donors (Lipinski definition) is 1. The molecule has 1 N–H and O–H groups in total. The van der Waals surface area contributed by atoms with Crippen LogP contribution in [-0.2, 0) is 0 Å². The van der Waals surface area contributed by atoms with Crippen molar-refractivity contribution in [3.63, 3.8) is 0 Å². The van der Waals surface area contributed by atoms with Gasteiger partial charge in [0.25, 0.3) is 5.91 Å². The van der Waals surface area contributed by atoms with Gasteiger partial charge in [0, 0.05) is 11.6 Å². The van der Waals surface area contributed by atoms with E-state index in [1.807, 2.05) is 30.3 Å². The summed E-state index contributed by atoms with van der Waals surface area (Å²) in [6.45, 7) is 7.08. The number of rotatable bonds is 2. The van der Waals surface area contributed by atoms with Crippen molar-refractivity contribution in [1.82, 2.24) is 5.32 Å². The molecule has 4 rings (SSSR count). The highest BCUT2D eigenvalue weighted by Crippen LogP contribution is 2.61. The standard InChI is InChI=1S/C17H23NO/c1-11-14-9-13(17(14,2)3)10-15(11)18-16(19)12-7-5-4-6-8-12/h4-8,11,13-15H,9-10H2,1-3H3,(H,18,19)/t11-,13+,14-,15+/m0/s1. The number of carbonyl (C=O) groups excluding carboxylic acids is 1. The number of nitrogens with one attached hydrogen (secondary N) is 1. The van der Waals surface area contributed by atoms with Crippen molar-refractivity contribution in [3.05, 3.63) is 35.9 Å². The summed E-state index contributed by atoms with van der Waals surface area (Å²) in [6, 6.07) is 9.89. The topological polar surface area (TPSA) is 29.1 Å². The van der Waals surface area contributed by atoms with Crippen LogP contribution >= 0.6 is 0 Å². The zero-order chi connectivity index (χ0) is 13.6. The van der Waals surface area contributed by atoms with Gasteiger partial charge >= 0.3 is 0 Å². The molecule has 3 fully saturated rings. The van der Waals surface area contributed by atoms with Crippen LogP contribution in [0.1, 0.15) is 44.0 Å². The maximum Gasteiger partial charge on any atom is 0.251 e. The lowest BCUT2D eigenvalue weighted by Gasteiger charge is -2.62. The molecule has 19 heavy (non-hydrogen) atoms. The molecule has 0 aliphatic heterocycles. The van der Waals surface area contributed by atoms with E-state index in [-0.39, 0.29) is 5.91 Å². The number of fused-ring (bicyclic) bond motifs is 2. The first-order chi connectivity index (χ1) is 9.00. The molecule has 1 aromatic carbocycles. The van der Waals surface area contributed by atoms with Crippen LogP contribution in [0.25, 0.3) is 0 Å². The van der Waals surface area contributed by atoms with E-state index >= 15 is 0 Å². The zero-order valence-corrected chi connectivity index (χ0v) is 12.0. The molecule has 2 heteroatoms. The van der Waals surface area contributed by atoms with Crippen LogP contribution < -0.4 is 5.32 Å². The fourth-order valence-electron chi connectivity index (χ4n) is 4.18. The van der Waals surface area contributed by atoms with Crippen molar-refractivity contribution in [1.29, 1.82) is 0 Å². The van der Waals surface area contributed by atoms with Crippen LogP contribution in [0.3, 0.4) is 0 Å². The molecule has 0 spiro atoms. The van der Waals surface area contributed by atoms with E-state index in [2.05, 4.69) is 26.1 Å². The van der Waals surface area contributed by atoms with Crippen LogP contribution in [0.5, 0.6) is 0 Å². The number of benzene rings is 1. The molecule has 3 saturated carbocycles. The molecule has 3 aliphatic carbocycles. The summed E-state index contributed by atoms with van der Waals surface area (Å²) >= 11 is 0. The first-order valence-electron chi connectivity index (χ1n) is 7.36. The Bertz CT molecular complexity index is 479. The summed E-state index contributed by atoms with van der Waals surface area (Å²) in [6.07, 6.45) is 2.50. The van der Waals surface area contributed by atoms with Crippen LogP contribution in [0.15, 0.2) is 30.3 Å². The summed E-state index contributed by atoms with van der Waals surface area (Å²) in [7, 11) is 0. The van der Waals surface area contributed by atoms with Crippen LogP contribution in [0.2, 0.25) is 0 Å². The van der Waals surface area contributed by atoms with E-state index in [4.69, 9.17) is 0 Å². The fraction of sp³-hybridized carbons (Fsp3) is 0.588. The van der Waals surface area contributed by atoms with E-state index in [9.17, 15) is 4.79 Å². The van der Waals surface area contributed by atoms with Gasteiger partial charge in [0.2, 0.25) is 0 Å². The molecule has 1 amide bonds. The molecule has 3 aliphatic rings. The van der Waals surface area contributed by atoms with E-state index in [0.29, 0.717) is 17.4 Å². The third kappa shape index (κ3) is 1.98. The Morgan fingerprint density at radius 1 is 1.21 bits per heavy atom. The van der Waals surface area contributed by atoms with E-state index in [1.54, 1.807) is 0 Å². The fourth-order valence-corrected chi connectivity index (χ4v) is 4.18. The highest BCUT2D eigenvalue weighted by molar-refractivity contribution is 5.94. The quantitative estimate of drug-likeness (QED) is 0.863. The van der Waals surface area contributed by atoms with E-state index < -0.39 is 0 Å². The molecule has 0 radical (unpaired) electrons. The second kappa shape index (κ2) is 4.36. The SMILES string of the molecule is C[C@@H]1[C@H](NC(=O)c2ccccc2)C[C@H]2C[C@@H]1C2(C)C. The Balaban J connectivity index is 1.68. The van der Waals surface area contributed by atoms with E-state index in [1.165, 1.54) is 6.42 Å². The molecule has 0 aromatic heterocycles. The predicted octanol–water partition coefficient (Wildman–Crippen LogP) is 3.49. The summed E-state index contributed by atoms with van der Waals surface area (Å²) in [4.78, 5) is 12.2. The number of amides is 1. The van der Waals surface area contributed by atoms with Gasteiger partial charge in [0.1, 0.15) is 0 Å². The van der Waals surface area contributed by atoms with Gasteiger partial charge in [-0.3, -0.25) is 4.79 Å². The van der Waals surface area contributed by atoms with Gasteiger partial charge < -0.3 is 5.32 Å². The monoisotopic (exact) mass is 257 g/mol. The predicted molar refractivity (Wildman–Crippen MR) is 76.9 cm³/mol. The summed E-state index contributed by atoms with van der Waals surface area (Å²) in [5, 5.41) is 3.24. The van der Waals surface area contributed by atoms with Crippen molar-refractivity contribution in [3.8, 4) is 0 Å². The van der Waals surface area contributed by atoms with Gasteiger partial charge in [-0.25, -0.2) is 0 Å². The average molecular weight is 257 g/mol. The second-order valence-electron chi connectivity index (χ2n) is 6.90. The lowest BCUT2D eigenvalue weighted by molar-refractivity contribution is -0.113. The van der Waals surface area contributed by atoms with Crippen molar-refractivity contribution < 1.29 is 4.79 Å². The van der Waals surface area contributed by atoms with E-state index in [0.717, 1.165) is 23.8 Å². The van der Waals surface area contributed by atoms with Gasteiger partial charge in [-0.05, 0) is 48.1 Å². The molecule has 2 nitrogen and oxygen atoms in total. The highest BCUT2D eigenvalue weighted by Gasteiger charge is 2.56. The molecule has 0 heterocycles. The molecule has 1 aromatic rings. The summed E-state index contributed by atoms with van der Waals surface area (Å²) < 4.78 is 0. The van der Waals surface area contributed by atoms with Gasteiger partial charge in [-0.1, -0.05) is 39.0 Å². The zero-order valence-electron chi connectivity index (χ0n) is 12.0. The molecule has 0 unspecified atom stereocenters. The van der Waals surface area contributed by atoms with Crippen LogP contribution in [-0.4, -0.2) is 11.9 Å². The average Bonchev–Trinajstić information content (AvgIpc) is 2.41. The van der Waals surface area contributed by atoms with Crippen LogP contribution in [0, 0.1) is 23.2 Å². The van der Waals surface area contributed by atoms with Gasteiger partial charge in [0.15, 0.2) is 0 Å². The van der Waals surface area contributed by atoms with Crippen molar-refractivity contribution in [2.45, 2.75) is 39.7 Å². The summed E-state index contributed by atoms with van der Waals surface area (Å²) in [5.74, 6) is 2.23. The minimum absolute atomic E-state index is 0.0801. The van der Waals surface area contributed by atoms with Crippen molar-refractivity contribution in [2.75, 3.05) is 0 Å². The Morgan fingerprint density at radius 3 is 2.47 bits per heavy atom. The maximum atomic E-state index is 12.2. The van der Waals surface area contributed by atoms with Crippen LogP contribution in [0.4, 0.5) is 0 Å². The van der Waals surface area contributed by atoms with Gasteiger partial charge in [0.05, 0.1) is 0 Å². The van der Waals surface area contributed by atoms with Gasteiger partial charge in [-0.2, -0.15) is 0 Å². The Kier molecular flexibility index (Phi) is 2.92. The normalized spacial score (nSPS) is 35.3. The molecular formula is C17H23NO. The van der Waals surface area contributed by atoms with Crippen molar-refractivity contribution in [2.24, 2.45) is 23.2 Å². The molecule has 2 bridgehead atoms. The number of hydrogen-bond acceptors (Lipinski definition) is 1. The smallest absolute Gasteiger partial charge is 0.251 e. The van der Waals surface area contributed by atoms with Crippen molar-refractivity contribution >= 4 is 5.91 Å². The first-order valence-corrected chi connectivity index (χ1v) is 7.36. The molecular weight excluding hydrogens is 234 g/mol. The lowest BCUT2D eigenvalue weighted by Crippen LogP contribution is -2.60. The Labute approximate surface area is 115 Å². The lowest BCUT2D eigenvalue weighted by atomic mass is 9.45.